The SMILES string of the molecule is O=C(O)c1ccc(NCC2CCCNC2)cc1. The molecule has 0 aromatic heterocycles. The fourth-order valence-corrected chi connectivity index (χ4v) is 2.09. The van der Waals surface area contributed by atoms with Crippen LogP contribution in [0.15, 0.2) is 24.3 Å². The van der Waals surface area contributed by atoms with Gasteiger partial charge >= 0.3 is 5.97 Å². The normalized spacial score (nSPS) is 19.9. The summed E-state index contributed by atoms with van der Waals surface area (Å²) in [5.74, 6) is -0.212. The van der Waals surface area contributed by atoms with Gasteiger partial charge in [0.25, 0.3) is 0 Å². The Labute approximate surface area is 101 Å². The summed E-state index contributed by atoms with van der Waals surface area (Å²) < 4.78 is 0. The molecule has 1 aliphatic rings. The van der Waals surface area contributed by atoms with Gasteiger partial charge in [-0.3, -0.25) is 0 Å². The maximum Gasteiger partial charge on any atom is 0.335 e. The largest absolute Gasteiger partial charge is 0.478 e. The van der Waals surface area contributed by atoms with Crippen LogP contribution in [0.1, 0.15) is 23.2 Å². The van der Waals surface area contributed by atoms with Crippen molar-refractivity contribution in [1.82, 2.24) is 5.32 Å². The summed E-state index contributed by atoms with van der Waals surface area (Å²) in [6.45, 7) is 3.14. The highest BCUT2D eigenvalue weighted by atomic mass is 16.4. The molecular formula is C13H18N2O2. The lowest BCUT2D eigenvalue weighted by molar-refractivity contribution is 0.0697. The number of benzene rings is 1. The van der Waals surface area contributed by atoms with Crippen molar-refractivity contribution in [3.63, 3.8) is 0 Å². The van der Waals surface area contributed by atoms with E-state index in [4.69, 9.17) is 5.11 Å². The Balaban J connectivity index is 1.84. The molecule has 0 bridgehead atoms. The van der Waals surface area contributed by atoms with Gasteiger partial charge in [-0.2, -0.15) is 0 Å². The molecule has 92 valence electrons. The second kappa shape index (κ2) is 5.68. The van der Waals surface area contributed by atoms with E-state index in [9.17, 15) is 4.79 Å². The maximum absolute atomic E-state index is 10.7. The quantitative estimate of drug-likeness (QED) is 0.743. The van der Waals surface area contributed by atoms with E-state index in [0.29, 0.717) is 11.5 Å². The number of hydrogen-bond acceptors (Lipinski definition) is 3. The molecule has 0 aliphatic carbocycles. The van der Waals surface area contributed by atoms with E-state index in [2.05, 4.69) is 10.6 Å². The standard InChI is InChI=1S/C13H18N2O2/c16-13(17)11-3-5-12(6-4-11)15-9-10-2-1-7-14-8-10/h3-6,10,14-15H,1-2,7-9H2,(H,16,17). The minimum Gasteiger partial charge on any atom is -0.478 e. The van der Waals surface area contributed by atoms with Crippen LogP contribution in [0.25, 0.3) is 0 Å². The van der Waals surface area contributed by atoms with E-state index in [-0.39, 0.29) is 0 Å². The molecule has 1 saturated heterocycles. The Hall–Kier alpha value is -1.55. The van der Waals surface area contributed by atoms with Crippen LogP contribution in [0.2, 0.25) is 0 Å². The van der Waals surface area contributed by atoms with Crippen LogP contribution in [0.5, 0.6) is 0 Å². The average Bonchev–Trinajstić information content (AvgIpc) is 2.38. The summed E-state index contributed by atoms with van der Waals surface area (Å²) in [7, 11) is 0. The Morgan fingerprint density at radius 3 is 2.76 bits per heavy atom. The van der Waals surface area contributed by atoms with Gasteiger partial charge in [-0.15, -0.1) is 0 Å². The first-order valence-electron chi connectivity index (χ1n) is 6.03. The smallest absolute Gasteiger partial charge is 0.335 e. The predicted octanol–water partition coefficient (Wildman–Crippen LogP) is 1.80. The molecule has 0 spiro atoms. The van der Waals surface area contributed by atoms with Crippen molar-refractivity contribution < 1.29 is 9.90 Å². The van der Waals surface area contributed by atoms with Gasteiger partial charge < -0.3 is 15.7 Å². The molecule has 0 radical (unpaired) electrons. The summed E-state index contributed by atoms with van der Waals surface area (Å²) >= 11 is 0. The summed E-state index contributed by atoms with van der Waals surface area (Å²) in [5.41, 5.74) is 1.32. The number of piperidine rings is 1. The molecule has 0 amide bonds. The van der Waals surface area contributed by atoms with Crippen LogP contribution in [0.3, 0.4) is 0 Å². The third-order valence-electron chi connectivity index (χ3n) is 3.13. The number of carboxylic acids is 1. The highest BCUT2D eigenvalue weighted by Crippen LogP contribution is 2.13. The highest BCUT2D eigenvalue weighted by molar-refractivity contribution is 5.87. The minimum atomic E-state index is -0.881. The van der Waals surface area contributed by atoms with E-state index < -0.39 is 5.97 Å². The topological polar surface area (TPSA) is 61.4 Å². The first kappa shape index (κ1) is 11.9. The molecule has 3 N–H and O–H groups in total. The van der Waals surface area contributed by atoms with Gasteiger partial charge in [0, 0.05) is 12.2 Å². The zero-order valence-corrected chi connectivity index (χ0v) is 9.78. The van der Waals surface area contributed by atoms with Crippen molar-refractivity contribution in [2.75, 3.05) is 25.0 Å². The van der Waals surface area contributed by atoms with Crippen molar-refractivity contribution >= 4 is 11.7 Å². The predicted molar refractivity (Wildman–Crippen MR) is 67.5 cm³/mol. The van der Waals surface area contributed by atoms with Crippen LogP contribution < -0.4 is 10.6 Å². The van der Waals surface area contributed by atoms with E-state index in [1.807, 2.05) is 12.1 Å². The van der Waals surface area contributed by atoms with Crippen molar-refractivity contribution in [3.8, 4) is 0 Å². The number of hydrogen-bond donors (Lipinski definition) is 3. The van der Waals surface area contributed by atoms with Gasteiger partial charge in [0.15, 0.2) is 0 Å². The van der Waals surface area contributed by atoms with Crippen LogP contribution in [-0.4, -0.2) is 30.7 Å². The van der Waals surface area contributed by atoms with Gasteiger partial charge in [-0.25, -0.2) is 4.79 Å². The second-order valence-electron chi connectivity index (χ2n) is 4.48. The molecule has 2 rings (SSSR count). The third kappa shape index (κ3) is 3.46. The number of carboxylic acid groups (broad SMARTS) is 1. The minimum absolute atomic E-state index is 0.329. The molecule has 1 heterocycles. The molecule has 17 heavy (non-hydrogen) atoms. The fourth-order valence-electron chi connectivity index (χ4n) is 2.09. The third-order valence-corrected chi connectivity index (χ3v) is 3.13. The molecule has 1 aromatic rings. The van der Waals surface area contributed by atoms with E-state index in [1.54, 1.807) is 12.1 Å². The van der Waals surface area contributed by atoms with Gasteiger partial charge in [-0.1, -0.05) is 0 Å². The summed E-state index contributed by atoms with van der Waals surface area (Å²) in [5, 5.41) is 15.5. The number of carbonyl (C=O) groups is 1. The Morgan fingerprint density at radius 1 is 1.41 bits per heavy atom. The number of aromatic carboxylic acids is 1. The monoisotopic (exact) mass is 234 g/mol. The summed E-state index contributed by atoms with van der Waals surface area (Å²) in [4.78, 5) is 10.7. The van der Waals surface area contributed by atoms with Crippen LogP contribution in [0.4, 0.5) is 5.69 Å². The number of rotatable bonds is 4. The van der Waals surface area contributed by atoms with Crippen LogP contribution in [0, 0.1) is 5.92 Å². The van der Waals surface area contributed by atoms with Gasteiger partial charge in [0.05, 0.1) is 5.56 Å². The lowest BCUT2D eigenvalue weighted by Gasteiger charge is -2.23. The maximum atomic E-state index is 10.7. The average molecular weight is 234 g/mol. The van der Waals surface area contributed by atoms with Gasteiger partial charge in [-0.05, 0) is 56.1 Å². The van der Waals surface area contributed by atoms with Crippen LogP contribution >= 0.6 is 0 Å². The van der Waals surface area contributed by atoms with Crippen molar-refractivity contribution in [1.29, 1.82) is 0 Å². The molecule has 1 unspecified atom stereocenters. The second-order valence-corrected chi connectivity index (χ2v) is 4.48. The molecular weight excluding hydrogens is 216 g/mol. The molecule has 4 nitrogen and oxygen atoms in total. The number of anilines is 1. The van der Waals surface area contributed by atoms with Crippen molar-refractivity contribution in [2.45, 2.75) is 12.8 Å². The summed E-state index contributed by atoms with van der Waals surface area (Å²) in [6, 6.07) is 6.90. The highest BCUT2D eigenvalue weighted by Gasteiger charge is 2.12. The first-order chi connectivity index (χ1) is 8.25. The Bertz CT molecular complexity index is 370. The Morgan fingerprint density at radius 2 is 2.18 bits per heavy atom. The van der Waals surface area contributed by atoms with Crippen molar-refractivity contribution in [3.05, 3.63) is 29.8 Å². The lowest BCUT2D eigenvalue weighted by atomic mass is 10.00. The van der Waals surface area contributed by atoms with E-state index >= 15 is 0 Å². The van der Waals surface area contributed by atoms with E-state index in [1.165, 1.54) is 12.8 Å². The van der Waals surface area contributed by atoms with Gasteiger partial charge in [0.2, 0.25) is 0 Å². The molecule has 1 aliphatic heterocycles. The molecule has 1 fully saturated rings. The molecule has 1 aromatic carbocycles. The van der Waals surface area contributed by atoms with E-state index in [0.717, 1.165) is 25.3 Å². The first-order valence-corrected chi connectivity index (χ1v) is 6.03. The molecule has 0 saturated carbocycles. The van der Waals surface area contributed by atoms with Crippen molar-refractivity contribution in [2.24, 2.45) is 5.92 Å². The molecule has 1 atom stereocenters. The van der Waals surface area contributed by atoms with Crippen LogP contribution in [-0.2, 0) is 0 Å². The zero-order valence-electron chi connectivity index (χ0n) is 9.78. The number of nitrogens with one attached hydrogen (secondary N) is 2. The van der Waals surface area contributed by atoms with Gasteiger partial charge in [0.1, 0.15) is 0 Å². The summed E-state index contributed by atoms with van der Waals surface area (Å²) in [6.07, 6.45) is 2.50. The molecule has 4 heteroatoms. The zero-order chi connectivity index (χ0) is 12.1. The lowest BCUT2D eigenvalue weighted by Crippen LogP contribution is -2.33. The fraction of sp³-hybridized carbons (Fsp3) is 0.462. The Kier molecular flexibility index (Phi) is 3.98.